The number of imidazole rings is 1. The fourth-order valence-electron chi connectivity index (χ4n) is 2.76. The molecule has 1 N–H and O–H groups in total. The van der Waals surface area contributed by atoms with Crippen LogP contribution < -0.4 is 5.32 Å². The van der Waals surface area contributed by atoms with Gasteiger partial charge in [0.25, 0.3) is 0 Å². The maximum Gasteiger partial charge on any atom is 0.224 e. The molecule has 6 nitrogen and oxygen atoms in total. The molecule has 0 saturated carbocycles. The summed E-state index contributed by atoms with van der Waals surface area (Å²) in [4.78, 5) is 22.5. The van der Waals surface area contributed by atoms with Gasteiger partial charge in [0.15, 0.2) is 5.65 Å². The minimum absolute atomic E-state index is 0.0263. The van der Waals surface area contributed by atoms with Crippen LogP contribution in [0.5, 0.6) is 0 Å². The number of aromatic nitrogens is 3. The number of aryl methyl sites for hydroxylation is 1. The van der Waals surface area contributed by atoms with Crippen molar-refractivity contribution in [1.82, 2.24) is 14.5 Å². The van der Waals surface area contributed by atoms with Crippen molar-refractivity contribution >= 4 is 34.5 Å². The standard InChI is InChI=1S/C19H22N4O2S/c1-25-12-11-23-17(22-16-7-4-10-20-19(16)23)8-9-18(24)21-14-5-3-6-15(13-14)26-2/h3-7,10,13H,8-9,11-12H2,1-2H3,(H,21,24). The first-order valence-corrected chi connectivity index (χ1v) is 9.66. The third-order valence-corrected chi connectivity index (χ3v) is 4.76. The summed E-state index contributed by atoms with van der Waals surface area (Å²) in [6.45, 7) is 1.24. The van der Waals surface area contributed by atoms with Crippen LogP contribution in [0.3, 0.4) is 0 Å². The van der Waals surface area contributed by atoms with Gasteiger partial charge in [-0.15, -0.1) is 11.8 Å². The molecule has 1 amide bonds. The lowest BCUT2D eigenvalue weighted by molar-refractivity contribution is -0.116. The molecule has 0 aliphatic carbocycles. The molecule has 136 valence electrons. The number of benzene rings is 1. The Bertz CT molecular complexity index is 894. The van der Waals surface area contributed by atoms with Crippen molar-refractivity contribution in [2.75, 3.05) is 25.3 Å². The highest BCUT2D eigenvalue weighted by molar-refractivity contribution is 7.98. The van der Waals surface area contributed by atoms with Gasteiger partial charge in [0.05, 0.1) is 6.61 Å². The average Bonchev–Trinajstić information content (AvgIpc) is 3.02. The first-order valence-electron chi connectivity index (χ1n) is 8.44. The first-order chi connectivity index (χ1) is 12.7. The van der Waals surface area contributed by atoms with Gasteiger partial charge in [-0.05, 0) is 36.6 Å². The molecule has 1 aromatic carbocycles. The average molecular weight is 370 g/mol. The summed E-state index contributed by atoms with van der Waals surface area (Å²) in [6, 6.07) is 11.6. The number of nitrogens with one attached hydrogen (secondary N) is 1. The molecule has 2 heterocycles. The number of thioether (sulfide) groups is 1. The summed E-state index contributed by atoms with van der Waals surface area (Å²) in [5.74, 6) is 0.824. The highest BCUT2D eigenvalue weighted by Gasteiger charge is 2.13. The molecule has 0 atom stereocenters. The number of carbonyl (C=O) groups is 1. The van der Waals surface area contributed by atoms with Crippen molar-refractivity contribution in [3.05, 3.63) is 48.4 Å². The third-order valence-electron chi connectivity index (χ3n) is 4.03. The van der Waals surface area contributed by atoms with Crippen molar-refractivity contribution in [1.29, 1.82) is 0 Å². The van der Waals surface area contributed by atoms with Gasteiger partial charge in [0.2, 0.25) is 5.91 Å². The summed E-state index contributed by atoms with van der Waals surface area (Å²) in [7, 11) is 1.67. The lowest BCUT2D eigenvalue weighted by Gasteiger charge is -2.09. The molecule has 0 aliphatic rings. The van der Waals surface area contributed by atoms with Crippen LogP contribution in [0.15, 0.2) is 47.5 Å². The number of hydrogen-bond donors (Lipinski definition) is 1. The zero-order valence-corrected chi connectivity index (χ0v) is 15.8. The van der Waals surface area contributed by atoms with Crippen LogP contribution in [0.2, 0.25) is 0 Å². The van der Waals surface area contributed by atoms with Crippen LogP contribution in [0.4, 0.5) is 5.69 Å². The van der Waals surface area contributed by atoms with Gasteiger partial charge < -0.3 is 14.6 Å². The molecule has 0 spiro atoms. The molecular formula is C19H22N4O2S. The monoisotopic (exact) mass is 370 g/mol. The van der Waals surface area contributed by atoms with Crippen LogP contribution in [-0.2, 0) is 22.5 Å². The van der Waals surface area contributed by atoms with Crippen LogP contribution in [0.25, 0.3) is 11.2 Å². The molecule has 0 radical (unpaired) electrons. The van der Waals surface area contributed by atoms with Crippen molar-refractivity contribution in [2.24, 2.45) is 0 Å². The number of anilines is 1. The van der Waals surface area contributed by atoms with Crippen molar-refractivity contribution in [3.63, 3.8) is 0 Å². The molecule has 0 bridgehead atoms. The predicted octanol–water partition coefficient (Wildman–Crippen LogP) is 3.37. The van der Waals surface area contributed by atoms with Crippen molar-refractivity contribution in [3.8, 4) is 0 Å². The Morgan fingerprint density at radius 2 is 2.19 bits per heavy atom. The highest BCUT2D eigenvalue weighted by Crippen LogP contribution is 2.19. The topological polar surface area (TPSA) is 69.0 Å². The third kappa shape index (κ3) is 4.42. The fourth-order valence-corrected chi connectivity index (χ4v) is 3.22. The lowest BCUT2D eigenvalue weighted by atomic mass is 10.2. The Kier molecular flexibility index (Phi) is 6.25. The van der Waals surface area contributed by atoms with Gasteiger partial charge in [0, 0.05) is 43.3 Å². The molecule has 7 heteroatoms. The van der Waals surface area contributed by atoms with E-state index in [0.29, 0.717) is 26.0 Å². The number of ether oxygens (including phenoxy) is 1. The largest absolute Gasteiger partial charge is 0.383 e. The van der Waals surface area contributed by atoms with Gasteiger partial charge >= 0.3 is 0 Å². The second-order valence-electron chi connectivity index (χ2n) is 5.80. The molecule has 0 aliphatic heterocycles. The molecule has 26 heavy (non-hydrogen) atoms. The second-order valence-corrected chi connectivity index (χ2v) is 6.68. The Hall–Kier alpha value is -2.38. The van der Waals surface area contributed by atoms with Crippen molar-refractivity contribution < 1.29 is 9.53 Å². The zero-order valence-electron chi connectivity index (χ0n) is 14.9. The second kappa shape index (κ2) is 8.82. The maximum absolute atomic E-state index is 12.3. The van der Waals surface area contributed by atoms with E-state index < -0.39 is 0 Å². The highest BCUT2D eigenvalue weighted by atomic mass is 32.2. The number of fused-ring (bicyclic) bond motifs is 1. The van der Waals surface area contributed by atoms with E-state index in [0.717, 1.165) is 27.6 Å². The molecule has 0 fully saturated rings. The number of carbonyl (C=O) groups excluding carboxylic acids is 1. The van der Waals surface area contributed by atoms with Gasteiger partial charge in [0.1, 0.15) is 11.3 Å². The molecule has 0 unspecified atom stereocenters. The zero-order chi connectivity index (χ0) is 18.4. The quantitative estimate of drug-likeness (QED) is 0.616. The van der Waals surface area contributed by atoms with E-state index in [4.69, 9.17) is 4.74 Å². The number of amides is 1. The van der Waals surface area contributed by atoms with E-state index in [1.165, 1.54) is 0 Å². The van der Waals surface area contributed by atoms with Crippen LogP contribution in [0.1, 0.15) is 12.2 Å². The number of pyridine rings is 1. The minimum atomic E-state index is -0.0263. The summed E-state index contributed by atoms with van der Waals surface area (Å²) >= 11 is 1.65. The Morgan fingerprint density at radius 3 is 3.00 bits per heavy atom. The van der Waals surface area contributed by atoms with Crippen LogP contribution in [0, 0.1) is 0 Å². The van der Waals surface area contributed by atoms with E-state index in [1.54, 1.807) is 25.1 Å². The van der Waals surface area contributed by atoms with Crippen LogP contribution >= 0.6 is 11.8 Å². The number of rotatable bonds is 8. The Balaban J connectivity index is 1.69. The van der Waals surface area contributed by atoms with E-state index >= 15 is 0 Å². The summed E-state index contributed by atoms with van der Waals surface area (Å²) in [5.41, 5.74) is 2.48. The Labute approximate surface area is 157 Å². The smallest absolute Gasteiger partial charge is 0.224 e. The summed E-state index contributed by atoms with van der Waals surface area (Å²) in [6.07, 6.45) is 4.68. The SMILES string of the molecule is COCCn1c(CCC(=O)Nc2cccc(SC)c2)nc2cccnc21. The first kappa shape index (κ1) is 18.4. The number of nitrogens with zero attached hydrogens (tertiary/aromatic N) is 3. The number of methoxy groups -OCH3 is 1. The molecular weight excluding hydrogens is 348 g/mol. The van der Waals surface area contributed by atoms with Gasteiger partial charge in [-0.2, -0.15) is 0 Å². The molecule has 3 rings (SSSR count). The lowest BCUT2D eigenvalue weighted by Crippen LogP contribution is -2.15. The van der Waals surface area contributed by atoms with Gasteiger partial charge in [-0.3, -0.25) is 4.79 Å². The predicted molar refractivity (Wildman–Crippen MR) is 105 cm³/mol. The van der Waals surface area contributed by atoms with Crippen LogP contribution in [-0.4, -0.2) is 40.4 Å². The minimum Gasteiger partial charge on any atom is -0.383 e. The van der Waals surface area contributed by atoms with E-state index in [-0.39, 0.29) is 5.91 Å². The van der Waals surface area contributed by atoms with Gasteiger partial charge in [-0.1, -0.05) is 6.07 Å². The summed E-state index contributed by atoms with van der Waals surface area (Å²) < 4.78 is 7.22. The van der Waals surface area contributed by atoms with E-state index in [1.807, 2.05) is 47.2 Å². The van der Waals surface area contributed by atoms with Gasteiger partial charge in [-0.25, -0.2) is 9.97 Å². The molecule has 2 aromatic heterocycles. The summed E-state index contributed by atoms with van der Waals surface area (Å²) in [5, 5.41) is 2.95. The molecule has 0 saturated heterocycles. The molecule has 3 aromatic rings. The number of hydrogen-bond acceptors (Lipinski definition) is 5. The maximum atomic E-state index is 12.3. The van der Waals surface area contributed by atoms with E-state index in [9.17, 15) is 4.79 Å². The normalized spacial score (nSPS) is 11.0. The van der Waals surface area contributed by atoms with Crippen molar-refractivity contribution in [2.45, 2.75) is 24.3 Å². The fraction of sp³-hybridized carbons (Fsp3) is 0.316. The Morgan fingerprint density at radius 1 is 1.31 bits per heavy atom. The van der Waals surface area contributed by atoms with E-state index in [2.05, 4.69) is 15.3 Å².